The Morgan fingerprint density at radius 2 is 1.65 bits per heavy atom. The molecule has 0 aliphatic carbocycles. The quantitative estimate of drug-likeness (QED) is 0.665. The summed E-state index contributed by atoms with van der Waals surface area (Å²) in [4.78, 5) is 0. The molecule has 2 aromatic carbocycles. The van der Waals surface area contributed by atoms with Crippen molar-refractivity contribution in [2.24, 2.45) is 0 Å². The largest absolute Gasteiger partial charge is 0.434 e. The van der Waals surface area contributed by atoms with E-state index in [1.54, 1.807) is 24.3 Å². The molecule has 0 saturated heterocycles. The van der Waals surface area contributed by atoms with E-state index in [1.807, 2.05) is 18.2 Å². The van der Waals surface area contributed by atoms with E-state index in [1.165, 1.54) is 6.07 Å². The molecule has 0 radical (unpaired) electrons. The predicted molar refractivity (Wildman–Crippen MR) is 76.8 cm³/mol. The van der Waals surface area contributed by atoms with Crippen molar-refractivity contribution in [1.29, 1.82) is 0 Å². The highest BCUT2D eigenvalue weighted by Crippen LogP contribution is 2.34. The number of alkyl halides is 3. The molecule has 0 saturated carbocycles. The highest BCUT2D eigenvalue weighted by atomic mass is 35.5. The summed E-state index contributed by atoms with van der Waals surface area (Å²) in [6, 6.07) is 13.8. The smallest absolute Gasteiger partial charge is 0.387 e. The Hall–Kier alpha value is -1.32. The fourth-order valence-electron chi connectivity index (χ4n) is 1.91. The molecule has 0 fully saturated rings. The molecule has 106 valence electrons. The van der Waals surface area contributed by atoms with E-state index in [9.17, 15) is 8.78 Å². The predicted octanol–water partition coefficient (Wildman–Crippen LogP) is 5.46. The Morgan fingerprint density at radius 3 is 2.35 bits per heavy atom. The Bertz CT molecular complexity index is 575. The second kappa shape index (κ2) is 6.91. The Labute approximate surface area is 126 Å². The summed E-state index contributed by atoms with van der Waals surface area (Å²) in [5.74, 6) is 0.0922. The van der Waals surface area contributed by atoms with E-state index in [-0.39, 0.29) is 5.75 Å². The second-order valence-corrected chi connectivity index (χ2v) is 5.11. The maximum absolute atomic E-state index is 12.4. The first-order valence-electron chi connectivity index (χ1n) is 5.99. The van der Waals surface area contributed by atoms with Gasteiger partial charge in [0, 0.05) is 10.6 Å². The molecule has 1 atom stereocenters. The monoisotopic (exact) mass is 316 g/mol. The topological polar surface area (TPSA) is 9.23 Å². The van der Waals surface area contributed by atoms with Crippen LogP contribution in [0.25, 0.3) is 0 Å². The van der Waals surface area contributed by atoms with Crippen LogP contribution in [0.15, 0.2) is 48.5 Å². The lowest BCUT2D eigenvalue weighted by Crippen LogP contribution is -2.06. The van der Waals surface area contributed by atoms with Crippen LogP contribution in [0.3, 0.4) is 0 Å². The summed E-state index contributed by atoms with van der Waals surface area (Å²) in [7, 11) is 0. The van der Waals surface area contributed by atoms with Gasteiger partial charge >= 0.3 is 6.61 Å². The molecule has 0 aliphatic heterocycles. The molecule has 1 nitrogen and oxygen atoms in total. The Balaban J connectivity index is 2.21. The zero-order chi connectivity index (χ0) is 14.5. The van der Waals surface area contributed by atoms with Crippen LogP contribution in [0.2, 0.25) is 5.02 Å². The van der Waals surface area contributed by atoms with Crippen molar-refractivity contribution >= 4 is 23.2 Å². The molecule has 0 aliphatic rings. The third kappa shape index (κ3) is 3.84. The van der Waals surface area contributed by atoms with Crippen LogP contribution in [0, 0.1) is 0 Å². The van der Waals surface area contributed by atoms with Crippen LogP contribution in [-0.2, 0) is 6.42 Å². The molecular weight excluding hydrogens is 305 g/mol. The van der Waals surface area contributed by atoms with Crippen molar-refractivity contribution in [1.82, 2.24) is 0 Å². The average Bonchev–Trinajstić information content (AvgIpc) is 2.41. The zero-order valence-electron chi connectivity index (χ0n) is 10.4. The van der Waals surface area contributed by atoms with Gasteiger partial charge in [-0.25, -0.2) is 0 Å². The highest BCUT2D eigenvalue weighted by Gasteiger charge is 2.17. The van der Waals surface area contributed by atoms with E-state index >= 15 is 0 Å². The summed E-state index contributed by atoms with van der Waals surface area (Å²) < 4.78 is 29.2. The number of rotatable bonds is 5. The fourth-order valence-corrected chi connectivity index (χ4v) is 2.47. The minimum Gasteiger partial charge on any atom is -0.434 e. The SMILES string of the molecule is FC(F)Oc1ccccc1C(Cl)Cc1ccccc1Cl. The molecule has 0 spiro atoms. The van der Waals surface area contributed by atoms with Gasteiger partial charge in [0.2, 0.25) is 0 Å². The van der Waals surface area contributed by atoms with Gasteiger partial charge < -0.3 is 4.74 Å². The van der Waals surface area contributed by atoms with Gasteiger partial charge in [-0.3, -0.25) is 0 Å². The number of para-hydroxylation sites is 1. The third-order valence-corrected chi connectivity index (χ3v) is 3.59. The Morgan fingerprint density at radius 1 is 1.00 bits per heavy atom. The standard InChI is InChI=1S/C15H12Cl2F2O/c16-12-7-3-1-5-10(12)9-13(17)11-6-2-4-8-14(11)20-15(18)19/h1-8,13,15H,9H2. The lowest BCUT2D eigenvalue weighted by molar-refractivity contribution is -0.0504. The van der Waals surface area contributed by atoms with Gasteiger partial charge in [0.05, 0.1) is 5.38 Å². The molecule has 0 bridgehead atoms. The summed E-state index contributed by atoms with van der Waals surface area (Å²) >= 11 is 12.4. The van der Waals surface area contributed by atoms with Gasteiger partial charge in [-0.2, -0.15) is 8.78 Å². The molecule has 20 heavy (non-hydrogen) atoms. The van der Waals surface area contributed by atoms with E-state index in [0.717, 1.165) is 5.56 Å². The minimum absolute atomic E-state index is 0.0922. The Kier molecular flexibility index (Phi) is 5.21. The van der Waals surface area contributed by atoms with Gasteiger partial charge in [0.15, 0.2) is 0 Å². The van der Waals surface area contributed by atoms with Gasteiger partial charge in [-0.1, -0.05) is 48.0 Å². The molecular formula is C15H12Cl2F2O. The normalized spacial score (nSPS) is 12.4. The molecule has 0 aromatic heterocycles. The number of hydrogen-bond acceptors (Lipinski definition) is 1. The lowest BCUT2D eigenvalue weighted by Gasteiger charge is -2.15. The summed E-state index contributed by atoms with van der Waals surface area (Å²) in [6.07, 6.45) is 0.435. The van der Waals surface area contributed by atoms with Crippen molar-refractivity contribution in [3.8, 4) is 5.75 Å². The molecule has 0 amide bonds. The second-order valence-electron chi connectivity index (χ2n) is 4.18. The summed E-state index contributed by atoms with van der Waals surface area (Å²) in [6.45, 7) is -2.87. The van der Waals surface area contributed by atoms with Gasteiger partial charge in [-0.05, 0) is 24.1 Å². The van der Waals surface area contributed by atoms with E-state index in [4.69, 9.17) is 23.2 Å². The fraction of sp³-hybridized carbons (Fsp3) is 0.200. The summed E-state index contributed by atoms with van der Waals surface area (Å²) in [5.41, 5.74) is 1.38. The molecule has 2 aromatic rings. The lowest BCUT2D eigenvalue weighted by atomic mass is 10.0. The molecule has 5 heteroatoms. The molecule has 0 heterocycles. The number of benzene rings is 2. The van der Waals surface area contributed by atoms with E-state index < -0.39 is 12.0 Å². The minimum atomic E-state index is -2.87. The van der Waals surface area contributed by atoms with E-state index in [2.05, 4.69) is 4.74 Å². The van der Waals surface area contributed by atoms with Crippen molar-refractivity contribution in [2.75, 3.05) is 0 Å². The molecule has 2 rings (SSSR count). The zero-order valence-corrected chi connectivity index (χ0v) is 11.9. The first-order chi connectivity index (χ1) is 9.58. The van der Waals surface area contributed by atoms with Crippen molar-refractivity contribution in [3.63, 3.8) is 0 Å². The average molecular weight is 317 g/mol. The van der Waals surface area contributed by atoms with Crippen molar-refractivity contribution in [3.05, 3.63) is 64.7 Å². The highest BCUT2D eigenvalue weighted by molar-refractivity contribution is 6.31. The number of halogens is 4. The van der Waals surface area contributed by atoms with Gasteiger partial charge in [0.25, 0.3) is 0 Å². The number of ether oxygens (including phenoxy) is 1. The van der Waals surface area contributed by atoms with Crippen LogP contribution in [-0.4, -0.2) is 6.61 Å². The summed E-state index contributed by atoms with van der Waals surface area (Å²) in [5, 5.41) is 0.107. The van der Waals surface area contributed by atoms with Gasteiger partial charge in [-0.15, -0.1) is 11.6 Å². The third-order valence-electron chi connectivity index (χ3n) is 2.83. The maximum atomic E-state index is 12.4. The van der Waals surface area contributed by atoms with Crippen LogP contribution in [0.4, 0.5) is 8.78 Å². The van der Waals surface area contributed by atoms with Crippen molar-refractivity contribution in [2.45, 2.75) is 18.4 Å². The van der Waals surface area contributed by atoms with Crippen LogP contribution in [0.1, 0.15) is 16.5 Å². The maximum Gasteiger partial charge on any atom is 0.387 e. The van der Waals surface area contributed by atoms with E-state index in [0.29, 0.717) is 17.0 Å². The van der Waals surface area contributed by atoms with Crippen LogP contribution < -0.4 is 4.74 Å². The van der Waals surface area contributed by atoms with Crippen LogP contribution in [0.5, 0.6) is 5.75 Å². The first kappa shape index (κ1) is 15.1. The first-order valence-corrected chi connectivity index (χ1v) is 6.80. The van der Waals surface area contributed by atoms with Crippen LogP contribution >= 0.6 is 23.2 Å². The van der Waals surface area contributed by atoms with Crippen molar-refractivity contribution < 1.29 is 13.5 Å². The molecule has 1 unspecified atom stereocenters. The number of hydrogen-bond donors (Lipinski definition) is 0. The molecule has 0 N–H and O–H groups in total. The van der Waals surface area contributed by atoms with Gasteiger partial charge in [0.1, 0.15) is 5.75 Å².